The number of carbonyl (C=O) groups excluding carboxylic acids is 2. The van der Waals surface area contributed by atoms with E-state index in [1.54, 1.807) is 12.1 Å². The van der Waals surface area contributed by atoms with Crippen molar-refractivity contribution in [3.63, 3.8) is 0 Å². The smallest absolute Gasteiger partial charge is 0.312 e. The maximum atomic E-state index is 12.7. The number of halogens is 1. The molecule has 4 bridgehead atoms. The van der Waals surface area contributed by atoms with E-state index in [2.05, 4.69) is 0 Å². The van der Waals surface area contributed by atoms with Crippen molar-refractivity contribution in [2.24, 2.45) is 17.3 Å². The summed E-state index contributed by atoms with van der Waals surface area (Å²) >= 11 is 6.75. The molecule has 0 amide bonds. The molecule has 0 N–H and O–H groups in total. The zero-order valence-electron chi connectivity index (χ0n) is 13.1. The van der Waals surface area contributed by atoms with Crippen molar-refractivity contribution < 1.29 is 14.3 Å². The van der Waals surface area contributed by atoms with E-state index < -0.39 is 5.41 Å². The second-order valence-corrected chi connectivity index (χ2v) is 8.56. The van der Waals surface area contributed by atoms with Crippen LogP contribution in [-0.2, 0) is 9.53 Å². The lowest BCUT2D eigenvalue weighted by Crippen LogP contribution is -2.56. The summed E-state index contributed by atoms with van der Waals surface area (Å²) in [5.41, 5.74) is 0.141. The van der Waals surface area contributed by atoms with E-state index in [1.807, 2.05) is 18.2 Å². The van der Waals surface area contributed by atoms with Crippen LogP contribution in [0.3, 0.4) is 0 Å². The van der Waals surface area contributed by atoms with Gasteiger partial charge < -0.3 is 4.74 Å². The molecule has 2 unspecified atom stereocenters. The molecule has 0 heterocycles. The van der Waals surface area contributed by atoms with Gasteiger partial charge in [0.05, 0.1) is 5.41 Å². The van der Waals surface area contributed by atoms with Crippen LogP contribution in [0.2, 0.25) is 0 Å². The van der Waals surface area contributed by atoms with Gasteiger partial charge in [0.1, 0.15) is 0 Å². The second kappa shape index (κ2) is 5.34. The molecule has 3 nitrogen and oxygen atoms in total. The highest BCUT2D eigenvalue weighted by atomic mass is 35.5. The molecule has 0 spiro atoms. The molecule has 23 heavy (non-hydrogen) atoms. The average molecular weight is 333 g/mol. The van der Waals surface area contributed by atoms with Crippen LogP contribution in [0.4, 0.5) is 0 Å². The Balaban J connectivity index is 1.44. The van der Waals surface area contributed by atoms with E-state index in [4.69, 9.17) is 16.3 Å². The summed E-state index contributed by atoms with van der Waals surface area (Å²) in [6.45, 7) is -0.171. The molecule has 4 aliphatic carbocycles. The van der Waals surface area contributed by atoms with E-state index in [1.165, 1.54) is 6.42 Å². The monoisotopic (exact) mass is 332 g/mol. The Morgan fingerprint density at radius 1 is 1.09 bits per heavy atom. The third-order valence-corrected chi connectivity index (χ3v) is 6.30. The van der Waals surface area contributed by atoms with Crippen molar-refractivity contribution >= 4 is 23.4 Å². The second-order valence-electron chi connectivity index (χ2n) is 7.76. The number of esters is 1. The number of Topliss-reactive ketones (excluding diaryl/α,β-unsaturated/α-hetero) is 1. The van der Waals surface area contributed by atoms with Gasteiger partial charge in [0.2, 0.25) is 0 Å². The number of hydrogen-bond acceptors (Lipinski definition) is 3. The summed E-state index contributed by atoms with van der Waals surface area (Å²) < 4.78 is 5.44. The molecule has 0 aromatic heterocycles. The van der Waals surface area contributed by atoms with Crippen LogP contribution in [0.1, 0.15) is 48.9 Å². The first-order chi connectivity index (χ1) is 11.0. The Labute approximate surface area is 141 Å². The van der Waals surface area contributed by atoms with Crippen LogP contribution in [0.5, 0.6) is 0 Å². The Bertz CT molecular complexity index is 625. The van der Waals surface area contributed by atoms with Gasteiger partial charge in [-0.05, 0) is 50.4 Å². The Hall–Kier alpha value is -1.35. The zero-order chi connectivity index (χ0) is 16.1. The van der Waals surface area contributed by atoms with Gasteiger partial charge in [-0.15, -0.1) is 11.6 Å². The van der Waals surface area contributed by atoms with Gasteiger partial charge in [-0.25, -0.2) is 0 Å². The predicted octanol–water partition coefficient (Wildman–Crippen LogP) is 3.99. The summed E-state index contributed by atoms with van der Waals surface area (Å²) in [6, 6.07) is 8.97. The number of hydrogen-bond donors (Lipinski definition) is 0. The maximum absolute atomic E-state index is 12.7. The van der Waals surface area contributed by atoms with Gasteiger partial charge in [-0.2, -0.15) is 0 Å². The highest BCUT2D eigenvalue weighted by molar-refractivity contribution is 6.24. The summed E-state index contributed by atoms with van der Waals surface area (Å²) in [6.07, 6.45) is 5.75. The number of rotatable bonds is 4. The lowest BCUT2D eigenvalue weighted by Gasteiger charge is -2.58. The van der Waals surface area contributed by atoms with E-state index in [0.717, 1.165) is 25.7 Å². The van der Waals surface area contributed by atoms with Crippen molar-refractivity contribution in [3.8, 4) is 0 Å². The molecule has 4 aliphatic rings. The molecular weight excluding hydrogens is 312 g/mol. The van der Waals surface area contributed by atoms with Gasteiger partial charge in [0.15, 0.2) is 12.4 Å². The summed E-state index contributed by atoms with van der Waals surface area (Å²) in [5, 5.41) is 0. The number of benzene rings is 1. The van der Waals surface area contributed by atoms with Gasteiger partial charge >= 0.3 is 5.97 Å². The highest BCUT2D eigenvalue weighted by Crippen LogP contribution is 2.64. The molecule has 0 aliphatic heterocycles. The molecule has 4 saturated carbocycles. The molecular formula is C19H21ClO3. The van der Waals surface area contributed by atoms with Crippen molar-refractivity contribution in [2.75, 3.05) is 6.61 Å². The lowest BCUT2D eigenvalue weighted by atomic mass is 9.49. The SMILES string of the molecule is O=C(COC(=O)C12CC3CC(CC(Cl)(C3)C1)C2)c1ccccc1. The van der Waals surface area contributed by atoms with Crippen molar-refractivity contribution in [2.45, 2.75) is 43.4 Å². The van der Waals surface area contributed by atoms with E-state index >= 15 is 0 Å². The molecule has 5 rings (SSSR count). The highest BCUT2D eigenvalue weighted by Gasteiger charge is 2.60. The molecule has 0 saturated heterocycles. The fraction of sp³-hybridized carbons (Fsp3) is 0.579. The summed E-state index contributed by atoms with van der Waals surface area (Å²) in [4.78, 5) is 24.7. The maximum Gasteiger partial charge on any atom is 0.312 e. The topological polar surface area (TPSA) is 43.4 Å². The zero-order valence-corrected chi connectivity index (χ0v) is 13.8. The third kappa shape index (κ3) is 2.69. The van der Waals surface area contributed by atoms with Crippen LogP contribution < -0.4 is 0 Å². The first-order valence-electron chi connectivity index (χ1n) is 8.43. The average Bonchev–Trinajstić information content (AvgIpc) is 2.50. The van der Waals surface area contributed by atoms with Gasteiger partial charge in [-0.1, -0.05) is 30.3 Å². The molecule has 1 aromatic carbocycles. The summed E-state index contributed by atoms with van der Waals surface area (Å²) in [7, 11) is 0. The lowest BCUT2D eigenvalue weighted by molar-refractivity contribution is -0.168. The minimum Gasteiger partial charge on any atom is -0.457 e. The number of carbonyl (C=O) groups is 2. The Morgan fingerprint density at radius 2 is 1.74 bits per heavy atom. The van der Waals surface area contributed by atoms with Crippen LogP contribution in [0, 0.1) is 17.3 Å². The fourth-order valence-electron chi connectivity index (χ4n) is 5.38. The molecule has 4 heteroatoms. The number of alkyl halides is 1. The van der Waals surface area contributed by atoms with Crippen LogP contribution in [0.15, 0.2) is 30.3 Å². The normalized spacial score (nSPS) is 37.6. The van der Waals surface area contributed by atoms with Crippen molar-refractivity contribution in [1.29, 1.82) is 0 Å². The number of ketones is 1. The van der Waals surface area contributed by atoms with Gasteiger partial charge in [-0.3, -0.25) is 9.59 Å². The molecule has 122 valence electrons. The first-order valence-corrected chi connectivity index (χ1v) is 8.80. The largest absolute Gasteiger partial charge is 0.457 e. The number of ether oxygens (including phenoxy) is 1. The van der Waals surface area contributed by atoms with E-state index in [-0.39, 0.29) is 23.2 Å². The minimum absolute atomic E-state index is 0.149. The van der Waals surface area contributed by atoms with E-state index in [9.17, 15) is 9.59 Å². The van der Waals surface area contributed by atoms with Crippen LogP contribution in [0.25, 0.3) is 0 Å². The van der Waals surface area contributed by atoms with E-state index in [0.29, 0.717) is 23.8 Å². The minimum atomic E-state index is -0.442. The van der Waals surface area contributed by atoms with Crippen molar-refractivity contribution in [1.82, 2.24) is 0 Å². The Morgan fingerprint density at radius 3 is 2.35 bits per heavy atom. The van der Waals surface area contributed by atoms with Crippen LogP contribution in [-0.4, -0.2) is 23.2 Å². The summed E-state index contributed by atoms with van der Waals surface area (Å²) in [5.74, 6) is 0.738. The molecule has 2 atom stereocenters. The van der Waals surface area contributed by atoms with Crippen LogP contribution >= 0.6 is 11.6 Å². The molecule has 1 aromatic rings. The standard InChI is InChI=1S/C19H21ClO3/c20-19-9-13-6-14(10-19)8-18(7-13,12-19)17(22)23-11-16(21)15-4-2-1-3-5-15/h1-5,13-14H,6-12H2. The molecule has 4 fully saturated rings. The third-order valence-electron chi connectivity index (χ3n) is 5.85. The van der Waals surface area contributed by atoms with Crippen molar-refractivity contribution in [3.05, 3.63) is 35.9 Å². The van der Waals surface area contributed by atoms with Gasteiger partial charge in [0.25, 0.3) is 0 Å². The quantitative estimate of drug-likeness (QED) is 0.475. The fourth-order valence-corrected chi connectivity index (χ4v) is 6.07. The molecule has 0 radical (unpaired) electrons. The predicted molar refractivity (Wildman–Crippen MR) is 87.4 cm³/mol. The Kier molecular flexibility index (Phi) is 3.53. The van der Waals surface area contributed by atoms with Gasteiger partial charge in [0, 0.05) is 10.4 Å². The first kappa shape index (κ1) is 15.2.